The van der Waals surface area contributed by atoms with Gasteiger partial charge in [-0.1, -0.05) is 13.8 Å². The monoisotopic (exact) mass is 235 g/mol. The lowest BCUT2D eigenvalue weighted by Gasteiger charge is -2.32. The maximum atomic E-state index is 4.30. The number of nitrogens with one attached hydrogen (secondary N) is 1. The van der Waals surface area contributed by atoms with E-state index in [9.17, 15) is 0 Å². The maximum absolute atomic E-state index is 4.30. The average Bonchev–Trinajstić information content (AvgIpc) is 2.63. The molecule has 0 bridgehead atoms. The molecule has 1 aliphatic rings. The SMILES string of the molecule is Cc1cnn(CCNC2CC(C)CC(C)C2)c1. The summed E-state index contributed by atoms with van der Waals surface area (Å²) in [5.74, 6) is 1.76. The molecule has 3 heteroatoms. The minimum atomic E-state index is 0.713. The van der Waals surface area contributed by atoms with Crippen molar-refractivity contribution in [3.8, 4) is 0 Å². The van der Waals surface area contributed by atoms with Crippen LogP contribution in [-0.2, 0) is 6.54 Å². The van der Waals surface area contributed by atoms with Crippen LogP contribution < -0.4 is 5.32 Å². The molecule has 0 amide bonds. The molecule has 1 saturated carbocycles. The van der Waals surface area contributed by atoms with Crippen molar-refractivity contribution < 1.29 is 0 Å². The Bertz CT molecular complexity index is 335. The highest BCUT2D eigenvalue weighted by Gasteiger charge is 2.23. The molecule has 1 aromatic heterocycles. The Morgan fingerprint density at radius 3 is 2.59 bits per heavy atom. The van der Waals surface area contributed by atoms with Crippen LogP contribution in [-0.4, -0.2) is 22.4 Å². The third-order valence-corrected chi connectivity index (χ3v) is 3.71. The zero-order chi connectivity index (χ0) is 12.3. The van der Waals surface area contributed by atoms with Gasteiger partial charge in [-0.2, -0.15) is 5.10 Å². The summed E-state index contributed by atoms with van der Waals surface area (Å²) in [6.07, 6.45) is 8.10. The zero-order valence-electron chi connectivity index (χ0n) is 11.3. The first-order chi connectivity index (χ1) is 8.13. The van der Waals surface area contributed by atoms with E-state index in [-0.39, 0.29) is 0 Å². The number of hydrogen-bond donors (Lipinski definition) is 1. The molecule has 1 N–H and O–H groups in total. The predicted octanol–water partition coefficient (Wildman–Crippen LogP) is 2.61. The van der Waals surface area contributed by atoms with Crippen molar-refractivity contribution >= 4 is 0 Å². The second kappa shape index (κ2) is 5.67. The van der Waals surface area contributed by atoms with Crippen LogP contribution in [0.15, 0.2) is 12.4 Å². The van der Waals surface area contributed by atoms with Crippen LogP contribution >= 0.6 is 0 Å². The molecule has 0 saturated heterocycles. The second-order valence-corrected chi connectivity index (χ2v) is 5.85. The van der Waals surface area contributed by atoms with E-state index in [0.717, 1.165) is 24.9 Å². The summed E-state index contributed by atoms with van der Waals surface area (Å²) in [6.45, 7) is 8.85. The van der Waals surface area contributed by atoms with Crippen LogP contribution in [0.3, 0.4) is 0 Å². The Balaban J connectivity index is 1.71. The van der Waals surface area contributed by atoms with Crippen LogP contribution in [0.4, 0.5) is 0 Å². The summed E-state index contributed by atoms with van der Waals surface area (Å²) in [4.78, 5) is 0. The highest BCUT2D eigenvalue weighted by Crippen LogP contribution is 2.28. The molecular weight excluding hydrogens is 210 g/mol. The van der Waals surface area contributed by atoms with Crippen LogP contribution in [0, 0.1) is 18.8 Å². The van der Waals surface area contributed by atoms with E-state index in [2.05, 4.69) is 37.4 Å². The van der Waals surface area contributed by atoms with Crippen LogP contribution in [0.1, 0.15) is 38.7 Å². The van der Waals surface area contributed by atoms with E-state index < -0.39 is 0 Å². The standard InChI is InChI=1S/C14H25N3/c1-11-6-12(2)8-14(7-11)15-4-5-17-10-13(3)9-16-17/h9-12,14-15H,4-8H2,1-3H3. The molecule has 1 aliphatic carbocycles. The highest BCUT2D eigenvalue weighted by atomic mass is 15.3. The quantitative estimate of drug-likeness (QED) is 0.869. The first-order valence-corrected chi connectivity index (χ1v) is 6.86. The largest absolute Gasteiger partial charge is 0.312 e. The molecular formula is C14H25N3. The minimum absolute atomic E-state index is 0.713. The molecule has 1 fully saturated rings. The second-order valence-electron chi connectivity index (χ2n) is 5.85. The molecule has 96 valence electrons. The zero-order valence-corrected chi connectivity index (χ0v) is 11.3. The van der Waals surface area contributed by atoms with E-state index >= 15 is 0 Å². The van der Waals surface area contributed by atoms with E-state index in [1.165, 1.54) is 24.8 Å². The van der Waals surface area contributed by atoms with Gasteiger partial charge in [-0.25, -0.2) is 0 Å². The lowest BCUT2D eigenvalue weighted by Crippen LogP contribution is -2.37. The highest BCUT2D eigenvalue weighted by molar-refractivity contribution is 4.99. The van der Waals surface area contributed by atoms with E-state index in [4.69, 9.17) is 0 Å². The van der Waals surface area contributed by atoms with Gasteiger partial charge >= 0.3 is 0 Å². The lowest BCUT2D eigenvalue weighted by molar-refractivity contribution is 0.237. The van der Waals surface area contributed by atoms with Crippen molar-refractivity contribution in [2.45, 2.75) is 52.6 Å². The smallest absolute Gasteiger partial charge is 0.0534 e. The molecule has 2 atom stereocenters. The molecule has 17 heavy (non-hydrogen) atoms. The van der Waals surface area contributed by atoms with Crippen molar-refractivity contribution in [2.75, 3.05) is 6.54 Å². The van der Waals surface area contributed by atoms with Gasteiger partial charge in [-0.15, -0.1) is 0 Å². The van der Waals surface area contributed by atoms with Gasteiger partial charge in [0.05, 0.1) is 12.7 Å². The molecule has 0 spiro atoms. The van der Waals surface area contributed by atoms with E-state index in [1.807, 2.05) is 10.9 Å². The Hall–Kier alpha value is -0.830. The van der Waals surface area contributed by atoms with Gasteiger partial charge in [0.25, 0.3) is 0 Å². The maximum Gasteiger partial charge on any atom is 0.0534 e. The third-order valence-electron chi connectivity index (χ3n) is 3.71. The predicted molar refractivity (Wildman–Crippen MR) is 70.9 cm³/mol. The Morgan fingerprint density at radius 1 is 1.29 bits per heavy atom. The summed E-state index contributed by atoms with van der Waals surface area (Å²) >= 11 is 0. The van der Waals surface area contributed by atoms with Crippen LogP contribution in [0.25, 0.3) is 0 Å². The molecule has 0 aliphatic heterocycles. The Labute approximate surface area is 105 Å². The van der Waals surface area contributed by atoms with Gasteiger partial charge in [-0.05, 0) is 43.6 Å². The fourth-order valence-corrected chi connectivity index (χ4v) is 3.09. The molecule has 3 nitrogen and oxygen atoms in total. The van der Waals surface area contributed by atoms with Gasteiger partial charge < -0.3 is 5.32 Å². The molecule has 2 rings (SSSR count). The van der Waals surface area contributed by atoms with Crippen molar-refractivity contribution in [3.63, 3.8) is 0 Å². The summed E-state index contributed by atoms with van der Waals surface area (Å²) in [6, 6.07) is 0.713. The summed E-state index contributed by atoms with van der Waals surface area (Å²) in [7, 11) is 0. The summed E-state index contributed by atoms with van der Waals surface area (Å²) in [5, 5.41) is 7.98. The van der Waals surface area contributed by atoms with Gasteiger partial charge in [-0.3, -0.25) is 4.68 Å². The minimum Gasteiger partial charge on any atom is -0.312 e. The topological polar surface area (TPSA) is 29.9 Å². The average molecular weight is 235 g/mol. The lowest BCUT2D eigenvalue weighted by atomic mass is 9.80. The summed E-state index contributed by atoms with van der Waals surface area (Å²) < 4.78 is 2.03. The Morgan fingerprint density at radius 2 is 2.00 bits per heavy atom. The number of aromatic nitrogens is 2. The normalized spacial score (nSPS) is 29.5. The van der Waals surface area contributed by atoms with Gasteiger partial charge in [0, 0.05) is 18.8 Å². The fourth-order valence-electron chi connectivity index (χ4n) is 3.09. The van der Waals surface area contributed by atoms with Gasteiger partial charge in [0.1, 0.15) is 0 Å². The third kappa shape index (κ3) is 3.84. The van der Waals surface area contributed by atoms with Crippen molar-refractivity contribution in [3.05, 3.63) is 18.0 Å². The van der Waals surface area contributed by atoms with Gasteiger partial charge in [0.2, 0.25) is 0 Å². The number of nitrogens with zero attached hydrogens (tertiary/aromatic N) is 2. The molecule has 1 aromatic rings. The number of hydrogen-bond acceptors (Lipinski definition) is 2. The molecule has 2 unspecified atom stereocenters. The van der Waals surface area contributed by atoms with Crippen molar-refractivity contribution in [2.24, 2.45) is 11.8 Å². The number of aryl methyl sites for hydroxylation is 1. The summed E-state index contributed by atoms with van der Waals surface area (Å²) in [5.41, 5.74) is 1.24. The molecule has 1 heterocycles. The Kier molecular flexibility index (Phi) is 4.21. The van der Waals surface area contributed by atoms with Crippen LogP contribution in [0.2, 0.25) is 0 Å². The molecule has 0 aromatic carbocycles. The van der Waals surface area contributed by atoms with Crippen molar-refractivity contribution in [1.82, 2.24) is 15.1 Å². The fraction of sp³-hybridized carbons (Fsp3) is 0.786. The first kappa shape index (κ1) is 12.6. The number of rotatable bonds is 4. The van der Waals surface area contributed by atoms with E-state index in [0.29, 0.717) is 6.04 Å². The first-order valence-electron chi connectivity index (χ1n) is 6.86. The van der Waals surface area contributed by atoms with E-state index in [1.54, 1.807) is 0 Å². The van der Waals surface area contributed by atoms with Crippen LogP contribution in [0.5, 0.6) is 0 Å². The molecule has 0 radical (unpaired) electrons. The van der Waals surface area contributed by atoms with Crippen molar-refractivity contribution in [1.29, 1.82) is 0 Å². The van der Waals surface area contributed by atoms with Gasteiger partial charge in [0.15, 0.2) is 0 Å².